The molecule has 0 fully saturated rings. The average molecular weight is 212 g/mol. The molecule has 0 rings (SSSR count). The highest BCUT2D eigenvalue weighted by Crippen LogP contribution is 2.14. The molecule has 0 saturated carbocycles. The minimum Gasteiger partial charge on any atom is -0.466 e. The fourth-order valence-electron chi connectivity index (χ4n) is 1.38. The summed E-state index contributed by atoms with van der Waals surface area (Å²) in [7, 11) is 0. The van der Waals surface area contributed by atoms with Gasteiger partial charge in [-0.2, -0.15) is 0 Å². The minimum atomic E-state index is -0.0978. The summed E-state index contributed by atoms with van der Waals surface area (Å²) in [5.74, 6) is -0.0889. The van der Waals surface area contributed by atoms with Crippen molar-refractivity contribution in [2.24, 2.45) is 5.92 Å². The molecule has 0 aromatic rings. The summed E-state index contributed by atoms with van der Waals surface area (Å²) in [6, 6.07) is 0. The number of allylic oxidation sites excluding steroid dienone is 2. The molecule has 0 amide bonds. The molecule has 0 aliphatic carbocycles. The van der Waals surface area contributed by atoms with E-state index in [9.17, 15) is 9.59 Å². The van der Waals surface area contributed by atoms with E-state index in [4.69, 9.17) is 4.74 Å². The Labute approximate surface area is 91.5 Å². The van der Waals surface area contributed by atoms with E-state index < -0.39 is 0 Å². The molecule has 3 heteroatoms. The second-order valence-corrected chi connectivity index (χ2v) is 3.35. The number of carbonyl (C=O) groups is 2. The lowest BCUT2D eigenvalue weighted by Gasteiger charge is -2.12. The minimum absolute atomic E-state index is 0.00887. The van der Waals surface area contributed by atoms with Gasteiger partial charge in [0.2, 0.25) is 0 Å². The Morgan fingerprint density at radius 3 is 2.67 bits per heavy atom. The van der Waals surface area contributed by atoms with Crippen molar-refractivity contribution in [1.82, 2.24) is 0 Å². The Morgan fingerprint density at radius 1 is 1.40 bits per heavy atom. The smallest absolute Gasteiger partial charge is 0.308 e. The Kier molecular flexibility index (Phi) is 8.73. The molecule has 0 N–H and O–H groups in total. The number of hydrogen-bond acceptors (Lipinski definition) is 3. The van der Waals surface area contributed by atoms with E-state index in [0.717, 1.165) is 32.0 Å². The van der Waals surface area contributed by atoms with Crippen LogP contribution in [0, 0.1) is 5.92 Å². The Bertz CT molecular complexity index is 209. The molecule has 0 aromatic heterocycles. The van der Waals surface area contributed by atoms with E-state index >= 15 is 0 Å². The molecular weight excluding hydrogens is 192 g/mol. The van der Waals surface area contributed by atoms with Crippen LogP contribution >= 0.6 is 0 Å². The van der Waals surface area contributed by atoms with Gasteiger partial charge in [0.05, 0.1) is 12.5 Å². The first-order valence-electron chi connectivity index (χ1n) is 5.53. The fraction of sp³-hybridized carbons (Fsp3) is 0.667. The zero-order valence-electron chi connectivity index (χ0n) is 9.57. The number of rotatable bonds is 8. The molecule has 0 spiro atoms. The Balaban J connectivity index is 3.74. The lowest BCUT2D eigenvalue weighted by atomic mass is 9.99. The lowest BCUT2D eigenvalue weighted by molar-refractivity contribution is -0.148. The molecule has 86 valence electrons. The lowest BCUT2D eigenvalue weighted by Crippen LogP contribution is -2.16. The first-order chi connectivity index (χ1) is 7.26. The van der Waals surface area contributed by atoms with Crippen molar-refractivity contribution in [3.8, 4) is 0 Å². The van der Waals surface area contributed by atoms with E-state index in [1.807, 2.05) is 19.9 Å². The van der Waals surface area contributed by atoms with Crippen LogP contribution in [0.5, 0.6) is 0 Å². The largest absolute Gasteiger partial charge is 0.466 e. The monoisotopic (exact) mass is 212 g/mol. The van der Waals surface area contributed by atoms with Crippen molar-refractivity contribution < 1.29 is 14.3 Å². The van der Waals surface area contributed by atoms with E-state index in [1.54, 1.807) is 0 Å². The third-order valence-electron chi connectivity index (χ3n) is 2.25. The van der Waals surface area contributed by atoms with Crippen molar-refractivity contribution in [2.45, 2.75) is 39.5 Å². The maximum Gasteiger partial charge on any atom is 0.308 e. The van der Waals surface area contributed by atoms with Crippen LogP contribution in [0.15, 0.2) is 12.2 Å². The maximum absolute atomic E-state index is 11.4. The standard InChI is InChI=1S/C12H20O3/c1-3-11(12(14)15-4-2)9-7-5-6-8-10-13/h6,8,10-11H,3-5,7,9H2,1-2H3/b8-6+. The van der Waals surface area contributed by atoms with Crippen LogP contribution in [0.4, 0.5) is 0 Å². The summed E-state index contributed by atoms with van der Waals surface area (Å²) in [5, 5.41) is 0. The molecule has 15 heavy (non-hydrogen) atoms. The summed E-state index contributed by atoms with van der Waals surface area (Å²) in [6.07, 6.45) is 7.49. The van der Waals surface area contributed by atoms with E-state index in [0.29, 0.717) is 6.61 Å². The van der Waals surface area contributed by atoms with Gasteiger partial charge in [0, 0.05) is 0 Å². The van der Waals surface area contributed by atoms with Gasteiger partial charge < -0.3 is 4.74 Å². The van der Waals surface area contributed by atoms with Crippen LogP contribution in [-0.2, 0) is 14.3 Å². The quantitative estimate of drug-likeness (QED) is 0.269. The number of unbranched alkanes of at least 4 members (excludes halogenated alkanes) is 1. The van der Waals surface area contributed by atoms with Crippen LogP contribution in [0.25, 0.3) is 0 Å². The van der Waals surface area contributed by atoms with Gasteiger partial charge >= 0.3 is 5.97 Å². The summed E-state index contributed by atoms with van der Waals surface area (Å²) in [4.78, 5) is 21.4. The molecular formula is C12H20O3. The number of esters is 1. The topological polar surface area (TPSA) is 43.4 Å². The SMILES string of the molecule is CCOC(=O)C(CC)CCC/C=C/C=O. The first kappa shape index (κ1) is 13.9. The summed E-state index contributed by atoms with van der Waals surface area (Å²) >= 11 is 0. The predicted octanol–water partition coefficient (Wildman–Crippen LogP) is 2.50. The molecule has 0 aromatic carbocycles. The van der Waals surface area contributed by atoms with E-state index in [2.05, 4.69) is 0 Å². The third-order valence-corrected chi connectivity index (χ3v) is 2.25. The van der Waals surface area contributed by atoms with Crippen LogP contribution in [0.3, 0.4) is 0 Å². The second kappa shape index (κ2) is 9.44. The highest BCUT2D eigenvalue weighted by atomic mass is 16.5. The molecule has 3 nitrogen and oxygen atoms in total. The van der Waals surface area contributed by atoms with Gasteiger partial charge in [-0.25, -0.2) is 0 Å². The molecule has 0 aliphatic heterocycles. The van der Waals surface area contributed by atoms with Gasteiger partial charge in [-0.05, 0) is 38.7 Å². The normalized spacial score (nSPS) is 12.7. The Hall–Kier alpha value is -1.12. The summed E-state index contributed by atoms with van der Waals surface area (Å²) in [5.41, 5.74) is 0. The third kappa shape index (κ3) is 6.89. The van der Waals surface area contributed by atoms with Crippen molar-refractivity contribution in [3.05, 3.63) is 12.2 Å². The van der Waals surface area contributed by atoms with Crippen LogP contribution in [0.2, 0.25) is 0 Å². The number of carbonyl (C=O) groups excluding carboxylic acids is 2. The van der Waals surface area contributed by atoms with Gasteiger partial charge in [-0.15, -0.1) is 0 Å². The van der Waals surface area contributed by atoms with Crippen molar-refractivity contribution in [1.29, 1.82) is 0 Å². The van der Waals surface area contributed by atoms with Gasteiger partial charge in [-0.1, -0.05) is 13.0 Å². The molecule has 0 heterocycles. The Morgan fingerprint density at radius 2 is 2.13 bits per heavy atom. The van der Waals surface area contributed by atoms with Crippen molar-refractivity contribution >= 4 is 12.3 Å². The number of ether oxygens (including phenoxy) is 1. The number of hydrogen-bond donors (Lipinski definition) is 0. The highest BCUT2D eigenvalue weighted by molar-refractivity contribution is 5.72. The van der Waals surface area contributed by atoms with Gasteiger partial charge in [0.15, 0.2) is 0 Å². The van der Waals surface area contributed by atoms with Gasteiger partial charge in [-0.3, -0.25) is 9.59 Å². The predicted molar refractivity (Wildman–Crippen MR) is 59.5 cm³/mol. The average Bonchev–Trinajstić information content (AvgIpc) is 2.23. The molecule has 1 atom stereocenters. The molecule has 0 saturated heterocycles. The molecule has 1 unspecified atom stereocenters. The van der Waals surface area contributed by atoms with Crippen molar-refractivity contribution in [3.63, 3.8) is 0 Å². The molecule has 0 bridgehead atoms. The second-order valence-electron chi connectivity index (χ2n) is 3.35. The molecule has 0 radical (unpaired) electrons. The zero-order chi connectivity index (χ0) is 11.5. The highest BCUT2D eigenvalue weighted by Gasteiger charge is 2.16. The summed E-state index contributed by atoms with van der Waals surface area (Å²) < 4.78 is 4.96. The fourth-order valence-corrected chi connectivity index (χ4v) is 1.38. The maximum atomic E-state index is 11.4. The number of aldehydes is 1. The van der Waals surface area contributed by atoms with Crippen LogP contribution in [-0.4, -0.2) is 18.9 Å². The van der Waals surface area contributed by atoms with Gasteiger partial charge in [0.1, 0.15) is 6.29 Å². The zero-order valence-corrected chi connectivity index (χ0v) is 9.57. The van der Waals surface area contributed by atoms with Crippen LogP contribution in [0.1, 0.15) is 39.5 Å². The summed E-state index contributed by atoms with van der Waals surface area (Å²) in [6.45, 7) is 4.25. The van der Waals surface area contributed by atoms with E-state index in [-0.39, 0.29) is 11.9 Å². The van der Waals surface area contributed by atoms with Crippen molar-refractivity contribution in [2.75, 3.05) is 6.61 Å². The van der Waals surface area contributed by atoms with Crippen LogP contribution < -0.4 is 0 Å². The molecule has 0 aliphatic rings. The van der Waals surface area contributed by atoms with E-state index in [1.165, 1.54) is 6.08 Å². The van der Waals surface area contributed by atoms with Gasteiger partial charge in [0.25, 0.3) is 0 Å². The first-order valence-corrected chi connectivity index (χ1v) is 5.53.